The minimum Gasteiger partial charge on any atom is -0.444 e. The van der Waals surface area contributed by atoms with Crippen molar-refractivity contribution in [3.05, 3.63) is 29.8 Å². The van der Waals surface area contributed by atoms with Gasteiger partial charge in [0.05, 0.1) is 5.69 Å². The van der Waals surface area contributed by atoms with Crippen molar-refractivity contribution in [3.63, 3.8) is 0 Å². The fraction of sp³-hybridized carbons (Fsp3) is 0.529. The number of benzene rings is 1. The third kappa shape index (κ3) is 7.54. The predicted molar refractivity (Wildman–Crippen MR) is 94.0 cm³/mol. The molecule has 1 amide bonds. The molecule has 0 bridgehead atoms. The molecule has 6 heteroatoms. The Morgan fingerprint density at radius 3 is 2.70 bits per heavy atom. The zero-order chi connectivity index (χ0) is 17.5. The standard InChI is InChI=1S/C17H28N4O2/c1-6-21(5)15(18)20-14-9-7-8-13(12-14)10-11-19-16(22)23-17(2,3)4/h7-9,12H,6,10-11H2,1-5H3,(H2,18,20)(H,19,22). The maximum Gasteiger partial charge on any atom is 0.407 e. The van der Waals surface area contributed by atoms with Crippen molar-refractivity contribution in [2.45, 2.75) is 39.7 Å². The molecule has 128 valence electrons. The van der Waals surface area contributed by atoms with Gasteiger partial charge in [0.15, 0.2) is 5.96 Å². The van der Waals surface area contributed by atoms with E-state index < -0.39 is 11.7 Å². The van der Waals surface area contributed by atoms with Crippen molar-refractivity contribution in [1.82, 2.24) is 10.2 Å². The summed E-state index contributed by atoms with van der Waals surface area (Å²) >= 11 is 0. The van der Waals surface area contributed by atoms with Crippen molar-refractivity contribution in [2.75, 3.05) is 20.1 Å². The molecule has 0 radical (unpaired) electrons. The summed E-state index contributed by atoms with van der Waals surface area (Å²) in [6, 6.07) is 7.80. The lowest BCUT2D eigenvalue weighted by Crippen LogP contribution is -2.33. The summed E-state index contributed by atoms with van der Waals surface area (Å²) in [5, 5.41) is 2.75. The summed E-state index contributed by atoms with van der Waals surface area (Å²) < 4.78 is 5.20. The van der Waals surface area contributed by atoms with Crippen LogP contribution in [0, 0.1) is 0 Å². The smallest absolute Gasteiger partial charge is 0.407 e. The third-order valence-corrected chi connectivity index (χ3v) is 3.10. The fourth-order valence-electron chi connectivity index (χ4n) is 1.78. The Morgan fingerprint density at radius 1 is 1.39 bits per heavy atom. The molecule has 0 fully saturated rings. The quantitative estimate of drug-likeness (QED) is 0.645. The van der Waals surface area contributed by atoms with Gasteiger partial charge in [-0.05, 0) is 51.8 Å². The van der Waals surface area contributed by atoms with Gasteiger partial charge in [-0.25, -0.2) is 9.79 Å². The highest BCUT2D eigenvalue weighted by Crippen LogP contribution is 2.15. The molecular weight excluding hydrogens is 292 g/mol. The van der Waals surface area contributed by atoms with Gasteiger partial charge < -0.3 is 20.7 Å². The van der Waals surface area contributed by atoms with Crippen LogP contribution in [0.4, 0.5) is 10.5 Å². The van der Waals surface area contributed by atoms with Gasteiger partial charge in [-0.3, -0.25) is 0 Å². The van der Waals surface area contributed by atoms with Crippen molar-refractivity contribution in [2.24, 2.45) is 10.7 Å². The van der Waals surface area contributed by atoms with Crippen LogP contribution < -0.4 is 11.1 Å². The summed E-state index contributed by atoms with van der Waals surface area (Å²) in [5.41, 5.74) is 7.31. The van der Waals surface area contributed by atoms with Crippen molar-refractivity contribution in [3.8, 4) is 0 Å². The SMILES string of the molecule is CCN(C)C(N)=Nc1cccc(CCNC(=O)OC(C)(C)C)c1. The van der Waals surface area contributed by atoms with E-state index in [2.05, 4.69) is 10.3 Å². The minimum absolute atomic E-state index is 0.402. The van der Waals surface area contributed by atoms with Gasteiger partial charge in [0.1, 0.15) is 5.60 Å². The Morgan fingerprint density at radius 2 is 2.09 bits per heavy atom. The molecule has 23 heavy (non-hydrogen) atoms. The van der Waals surface area contributed by atoms with Gasteiger partial charge in [0.2, 0.25) is 0 Å². The van der Waals surface area contributed by atoms with Crippen LogP contribution in [0.25, 0.3) is 0 Å². The van der Waals surface area contributed by atoms with Crippen LogP contribution in [0.15, 0.2) is 29.3 Å². The number of carbonyl (C=O) groups is 1. The lowest BCUT2D eigenvalue weighted by molar-refractivity contribution is 0.0528. The topological polar surface area (TPSA) is 80.0 Å². The van der Waals surface area contributed by atoms with Gasteiger partial charge in [0, 0.05) is 20.1 Å². The summed E-state index contributed by atoms with van der Waals surface area (Å²) in [5.74, 6) is 0.483. The van der Waals surface area contributed by atoms with Gasteiger partial charge >= 0.3 is 6.09 Å². The monoisotopic (exact) mass is 320 g/mol. The van der Waals surface area contributed by atoms with Gasteiger partial charge in [-0.2, -0.15) is 0 Å². The Bertz CT molecular complexity index is 550. The van der Waals surface area contributed by atoms with Crippen LogP contribution in [0.1, 0.15) is 33.3 Å². The van der Waals surface area contributed by atoms with Gasteiger partial charge in [0.25, 0.3) is 0 Å². The number of nitrogens with two attached hydrogens (primary N) is 1. The number of nitrogens with zero attached hydrogens (tertiary/aromatic N) is 2. The van der Waals surface area contributed by atoms with Gasteiger partial charge in [-0.1, -0.05) is 12.1 Å². The van der Waals surface area contributed by atoms with E-state index in [-0.39, 0.29) is 0 Å². The Kier molecular flexibility index (Phi) is 6.88. The van der Waals surface area contributed by atoms with E-state index in [4.69, 9.17) is 10.5 Å². The molecular formula is C17H28N4O2. The van der Waals surface area contributed by atoms with Crippen LogP contribution in [0.3, 0.4) is 0 Å². The number of hydrogen-bond donors (Lipinski definition) is 2. The second kappa shape index (κ2) is 8.41. The molecule has 0 aliphatic heterocycles. The summed E-state index contributed by atoms with van der Waals surface area (Å²) in [7, 11) is 1.90. The number of aliphatic imine (C=N–C) groups is 1. The van der Waals surface area contributed by atoms with E-state index in [1.54, 1.807) is 0 Å². The number of carbonyl (C=O) groups excluding carboxylic acids is 1. The predicted octanol–water partition coefficient (Wildman–Crippen LogP) is 2.65. The van der Waals surface area contributed by atoms with Crippen LogP contribution >= 0.6 is 0 Å². The van der Waals surface area contributed by atoms with Crippen molar-refractivity contribution < 1.29 is 9.53 Å². The Balaban J connectivity index is 2.56. The molecule has 0 heterocycles. The molecule has 0 aliphatic carbocycles. The molecule has 0 unspecified atom stereocenters. The number of alkyl carbamates (subject to hydrolysis) is 1. The maximum atomic E-state index is 11.6. The van der Waals surface area contributed by atoms with Gasteiger partial charge in [-0.15, -0.1) is 0 Å². The first-order valence-electron chi connectivity index (χ1n) is 7.82. The van der Waals surface area contributed by atoms with Crippen LogP contribution in [-0.2, 0) is 11.2 Å². The Hall–Kier alpha value is -2.24. The molecule has 1 aromatic rings. The van der Waals surface area contributed by atoms with Crippen molar-refractivity contribution >= 4 is 17.7 Å². The fourth-order valence-corrected chi connectivity index (χ4v) is 1.78. The summed E-state index contributed by atoms with van der Waals surface area (Å²) in [6.45, 7) is 8.84. The molecule has 6 nitrogen and oxygen atoms in total. The zero-order valence-corrected chi connectivity index (χ0v) is 14.7. The van der Waals surface area contributed by atoms with Crippen LogP contribution in [0.2, 0.25) is 0 Å². The Labute approximate surface area is 138 Å². The highest BCUT2D eigenvalue weighted by molar-refractivity contribution is 5.80. The van der Waals surface area contributed by atoms with E-state index >= 15 is 0 Å². The number of amides is 1. The number of ether oxygens (including phenoxy) is 1. The van der Waals surface area contributed by atoms with E-state index in [1.165, 1.54) is 0 Å². The van der Waals surface area contributed by atoms with E-state index in [0.29, 0.717) is 18.9 Å². The van der Waals surface area contributed by atoms with Crippen molar-refractivity contribution in [1.29, 1.82) is 0 Å². The van der Waals surface area contributed by atoms with E-state index in [9.17, 15) is 4.79 Å². The molecule has 0 atom stereocenters. The molecule has 0 aliphatic rings. The number of guanidine groups is 1. The average Bonchev–Trinajstić information content (AvgIpc) is 2.44. The number of rotatable bonds is 5. The first kappa shape index (κ1) is 18.8. The first-order chi connectivity index (χ1) is 10.7. The zero-order valence-electron chi connectivity index (χ0n) is 14.7. The second-order valence-electron chi connectivity index (χ2n) is 6.33. The molecule has 0 aromatic heterocycles. The summed E-state index contributed by atoms with van der Waals surface area (Å²) in [4.78, 5) is 17.9. The summed E-state index contributed by atoms with van der Waals surface area (Å²) in [6.07, 6.45) is 0.298. The molecule has 3 N–H and O–H groups in total. The molecule has 0 saturated carbocycles. The van der Waals surface area contributed by atoms with E-state index in [1.807, 2.05) is 63.9 Å². The number of nitrogens with one attached hydrogen (secondary N) is 1. The second-order valence-corrected chi connectivity index (χ2v) is 6.33. The highest BCUT2D eigenvalue weighted by Gasteiger charge is 2.15. The molecule has 0 spiro atoms. The lowest BCUT2D eigenvalue weighted by atomic mass is 10.1. The van der Waals surface area contributed by atoms with Crippen LogP contribution in [0.5, 0.6) is 0 Å². The largest absolute Gasteiger partial charge is 0.444 e. The van der Waals surface area contributed by atoms with E-state index in [0.717, 1.165) is 17.8 Å². The molecule has 1 aromatic carbocycles. The number of hydrogen-bond acceptors (Lipinski definition) is 3. The normalized spacial score (nSPS) is 12.0. The highest BCUT2D eigenvalue weighted by atomic mass is 16.6. The average molecular weight is 320 g/mol. The third-order valence-electron chi connectivity index (χ3n) is 3.10. The molecule has 1 rings (SSSR count). The molecule has 0 saturated heterocycles. The first-order valence-corrected chi connectivity index (χ1v) is 7.82. The minimum atomic E-state index is -0.485. The maximum absolute atomic E-state index is 11.6. The lowest BCUT2D eigenvalue weighted by Gasteiger charge is -2.19. The van der Waals surface area contributed by atoms with Crippen LogP contribution in [-0.4, -0.2) is 42.7 Å².